The maximum absolute atomic E-state index is 11.8. The highest BCUT2D eigenvalue weighted by atomic mass is 35.5. The summed E-state index contributed by atoms with van der Waals surface area (Å²) >= 11 is 5.99. The van der Waals surface area contributed by atoms with Crippen LogP contribution in [0.2, 0.25) is 5.02 Å². The van der Waals surface area contributed by atoms with Crippen LogP contribution in [-0.2, 0) is 4.79 Å². The van der Waals surface area contributed by atoms with Gasteiger partial charge in [0.15, 0.2) is 0 Å². The summed E-state index contributed by atoms with van der Waals surface area (Å²) in [5.74, 6) is -0.106. The van der Waals surface area contributed by atoms with E-state index in [2.05, 4.69) is 15.6 Å². The Morgan fingerprint density at radius 2 is 2.21 bits per heavy atom. The molecule has 7 heteroatoms. The number of pyridine rings is 1. The van der Waals surface area contributed by atoms with E-state index in [-0.39, 0.29) is 18.2 Å². The van der Waals surface area contributed by atoms with Crippen LogP contribution in [0.3, 0.4) is 0 Å². The first kappa shape index (κ1) is 15.2. The van der Waals surface area contributed by atoms with Crippen molar-refractivity contribution in [1.82, 2.24) is 10.3 Å². The number of carbonyl (C=O) groups excluding carboxylic acids is 2. The minimum absolute atomic E-state index is 0.249. The van der Waals surface area contributed by atoms with Crippen molar-refractivity contribution in [3.63, 3.8) is 0 Å². The van der Waals surface area contributed by atoms with Crippen LogP contribution in [0.25, 0.3) is 0 Å². The molecule has 0 saturated heterocycles. The van der Waals surface area contributed by atoms with Gasteiger partial charge in [-0.05, 0) is 19.4 Å². The number of rotatable bonds is 7. The SMILES string of the molecule is CCNc1ncc(C(=O)NCCCC(N)=O)cc1Cl. The van der Waals surface area contributed by atoms with E-state index < -0.39 is 0 Å². The molecule has 6 nitrogen and oxygen atoms in total. The second kappa shape index (κ2) is 7.58. The molecule has 0 radical (unpaired) electrons. The maximum Gasteiger partial charge on any atom is 0.252 e. The molecule has 0 saturated carbocycles. The Labute approximate surface area is 116 Å². The molecule has 0 aliphatic carbocycles. The van der Waals surface area contributed by atoms with Crippen molar-refractivity contribution in [3.8, 4) is 0 Å². The minimum atomic E-state index is -0.381. The number of anilines is 1. The zero-order valence-electron chi connectivity index (χ0n) is 10.7. The fourth-order valence-corrected chi connectivity index (χ4v) is 1.66. The summed E-state index contributed by atoms with van der Waals surface area (Å²) in [6, 6.07) is 1.55. The van der Waals surface area contributed by atoms with Crippen LogP contribution >= 0.6 is 11.6 Å². The van der Waals surface area contributed by atoms with Gasteiger partial charge in [-0.3, -0.25) is 9.59 Å². The fourth-order valence-electron chi connectivity index (χ4n) is 1.43. The summed E-state index contributed by atoms with van der Waals surface area (Å²) < 4.78 is 0. The third-order valence-corrected chi connectivity index (χ3v) is 2.62. The zero-order valence-corrected chi connectivity index (χ0v) is 11.5. The Morgan fingerprint density at radius 1 is 1.47 bits per heavy atom. The molecule has 19 heavy (non-hydrogen) atoms. The summed E-state index contributed by atoms with van der Waals surface area (Å²) in [6.07, 6.45) is 2.21. The predicted molar refractivity (Wildman–Crippen MR) is 74.2 cm³/mol. The molecule has 0 atom stereocenters. The first-order chi connectivity index (χ1) is 9.04. The lowest BCUT2D eigenvalue weighted by Crippen LogP contribution is -2.25. The van der Waals surface area contributed by atoms with Gasteiger partial charge in [-0.25, -0.2) is 4.98 Å². The number of primary amides is 1. The predicted octanol–water partition coefficient (Wildman–Crippen LogP) is 1.16. The number of halogens is 1. The van der Waals surface area contributed by atoms with Gasteiger partial charge in [-0.1, -0.05) is 11.6 Å². The van der Waals surface area contributed by atoms with Gasteiger partial charge in [0.2, 0.25) is 5.91 Å². The van der Waals surface area contributed by atoms with Gasteiger partial charge in [0.1, 0.15) is 5.82 Å². The summed E-state index contributed by atoms with van der Waals surface area (Å²) in [4.78, 5) is 26.4. The van der Waals surface area contributed by atoms with E-state index in [0.29, 0.717) is 35.9 Å². The van der Waals surface area contributed by atoms with Crippen LogP contribution in [0, 0.1) is 0 Å². The van der Waals surface area contributed by atoms with Crippen LogP contribution in [0.15, 0.2) is 12.3 Å². The maximum atomic E-state index is 11.8. The minimum Gasteiger partial charge on any atom is -0.370 e. The first-order valence-corrected chi connectivity index (χ1v) is 6.38. The summed E-state index contributed by atoms with van der Waals surface area (Å²) in [5.41, 5.74) is 5.38. The number of carbonyl (C=O) groups is 2. The molecule has 1 heterocycles. The van der Waals surface area contributed by atoms with E-state index >= 15 is 0 Å². The lowest BCUT2D eigenvalue weighted by atomic mass is 10.2. The van der Waals surface area contributed by atoms with Crippen molar-refractivity contribution in [2.45, 2.75) is 19.8 Å². The lowest BCUT2D eigenvalue weighted by Gasteiger charge is -2.07. The first-order valence-electron chi connectivity index (χ1n) is 6.00. The second-order valence-corrected chi connectivity index (χ2v) is 4.32. The Balaban J connectivity index is 2.53. The summed E-state index contributed by atoms with van der Waals surface area (Å²) in [5, 5.41) is 6.04. The standard InChI is InChI=1S/C12H17ClN4O2/c1-2-15-11-9(13)6-8(7-17-11)12(19)16-5-3-4-10(14)18/h6-7H,2-5H2,1H3,(H2,14,18)(H,15,17)(H,16,19). The van der Waals surface area contributed by atoms with Crippen LogP contribution in [0.1, 0.15) is 30.1 Å². The molecule has 0 aromatic carbocycles. The Kier molecular flexibility index (Phi) is 6.08. The zero-order chi connectivity index (χ0) is 14.3. The van der Waals surface area contributed by atoms with Crippen molar-refractivity contribution in [2.24, 2.45) is 5.73 Å². The van der Waals surface area contributed by atoms with Gasteiger partial charge in [-0.2, -0.15) is 0 Å². The van der Waals surface area contributed by atoms with E-state index in [1.807, 2.05) is 6.92 Å². The van der Waals surface area contributed by atoms with Crippen molar-refractivity contribution in [3.05, 3.63) is 22.8 Å². The average Bonchev–Trinajstić information content (AvgIpc) is 2.36. The van der Waals surface area contributed by atoms with E-state index in [1.54, 1.807) is 6.07 Å². The molecule has 1 aromatic rings. The fraction of sp³-hybridized carbons (Fsp3) is 0.417. The highest BCUT2D eigenvalue weighted by molar-refractivity contribution is 6.33. The van der Waals surface area contributed by atoms with E-state index in [1.165, 1.54) is 6.20 Å². The molecule has 0 spiro atoms. The number of nitrogens with zero attached hydrogens (tertiary/aromatic N) is 1. The second-order valence-electron chi connectivity index (χ2n) is 3.91. The highest BCUT2D eigenvalue weighted by Gasteiger charge is 2.09. The van der Waals surface area contributed by atoms with Crippen LogP contribution in [0.5, 0.6) is 0 Å². The Hall–Kier alpha value is -1.82. The molecule has 2 amide bonds. The molecular weight excluding hydrogens is 268 g/mol. The van der Waals surface area contributed by atoms with Gasteiger partial charge in [0.05, 0.1) is 10.6 Å². The molecule has 1 rings (SSSR count). The van der Waals surface area contributed by atoms with Gasteiger partial charge in [0, 0.05) is 25.7 Å². The Bertz CT molecular complexity index is 465. The summed E-state index contributed by atoms with van der Waals surface area (Å²) in [7, 11) is 0. The topological polar surface area (TPSA) is 97.1 Å². The number of hydrogen-bond acceptors (Lipinski definition) is 4. The van der Waals surface area contributed by atoms with Crippen molar-refractivity contribution in [1.29, 1.82) is 0 Å². The Morgan fingerprint density at radius 3 is 2.79 bits per heavy atom. The average molecular weight is 285 g/mol. The van der Waals surface area contributed by atoms with Gasteiger partial charge in [0.25, 0.3) is 5.91 Å². The molecule has 4 N–H and O–H groups in total. The van der Waals surface area contributed by atoms with Crippen molar-refractivity contribution in [2.75, 3.05) is 18.4 Å². The lowest BCUT2D eigenvalue weighted by molar-refractivity contribution is -0.118. The van der Waals surface area contributed by atoms with Gasteiger partial charge < -0.3 is 16.4 Å². The number of nitrogens with two attached hydrogens (primary N) is 1. The molecule has 0 fully saturated rings. The number of aromatic nitrogens is 1. The molecular formula is C12H17ClN4O2. The molecule has 1 aromatic heterocycles. The normalized spacial score (nSPS) is 10.0. The van der Waals surface area contributed by atoms with E-state index in [9.17, 15) is 9.59 Å². The molecule has 0 aliphatic heterocycles. The summed E-state index contributed by atoms with van der Waals surface area (Å²) in [6.45, 7) is 3.01. The molecule has 0 bridgehead atoms. The number of hydrogen-bond donors (Lipinski definition) is 3. The number of nitrogens with one attached hydrogen (secondary N) is 2. The van der Waals surface area contributed by atoms with E-state index in [4.69, 9.17) is 17.3 Å². The molecule has 0 aliphatic rings. The number of amides is 2. The van der Waals surface area contributed by atoms with Gasteiger partial charge >= 0.3 is 0 Å². The van der Waals surface area contributed by atoms with Crippen LogP contribution in [-0.4, -0.2) is 29.9 Å². The monoisotopic (exact) mass is 284 g/mol. The highest BCUT2D eigenvalue weighted by Crippen LogP contribution is 2.19. The van der Waals surface area contributed by atoms with Crippen LogP contribution < -0.4 is 16.4 Å². The molecule has 0 unspecified atom stereocenters. The third-order valence-electron chi connectivity index (χ3n) is 2.33. The third kappa shape index (κ3) is 5.13. The van der Waals surface area contributed by atoms with Crippen molar-refractivity contribution >= 4 is 29.2 Å². The van der Waals surface area contributed by atoms with Crippen LogP contribution in [0.4, 0.5) is 5.82 Å². The van der Waals surface area contributed by atoms with E-state index in [0.717, 1.165) is 0 Å². The quantitative estimate of drug-likeness (QED) is 0.655. The smallest absolute Gasteiger partial charge is 0.252 e. The van der Waals surface area contributed by atoms with Gasteiger partial charge in [-0.15, -0.1) is 0 Å². The largest absolute Gasteiger partial charge is 0.370 e. The van der Waals surface area contributed by atoms with Crippen molar-refractivity contribution < 1.29 is 9.59 Å². The molecule has 104 valence electrons.